The van der Waals surface area contributed by atoms with Gasteiger partial charge in [-0.3, -0.25) is 9.78 Å². The Morgan fingerprint density at radius 1 is 1.12 bits per heavy atom. The first-order chi connectivity index (χ1) is 12.6. The Kier molecular flexibility index (Phi) is 4.97. The molecule has 0 saturated heterocycles. The summed E-state index contributed by atoms with van der Waals surface area (Å²) in [5.74, 6) is -0.180. The lowest BCUT2D eigenvalue weighted by Crippen LogP contribution is -2.11. The molecule has 3 rings (SSSR count). The highest BCUT2D eigenvalue weighted by Crippen LogP contribution is 2.30. The lowest BCUT2D eigenvalue weighted by atomic mass is 10.2. The van der Waals surface area contributed by atoms with E-state index in [1.807, 2.05) is 0 Å². The van der Waals surface area contributed by atoms with Gasteiger partial charge in [0.1, 0.15) is 11.6 Å². The Balaban J connectivity index is 1.87. The molecule has 0 bridgehead atoms. The molecule has 3 heterocycles. The zero-order valence-electron chi connectivity index (χ0n) is 13.7. The van der Waals surface area contributed by atoms with Crippen molar-refractivity contribution < 1.29 is 18.7 Å². The zero-order chi connectivity index (χ0) is 18.5. The number of nitrogens with two attached hydrogens (primary N) is 1. The fraction of sp³-hybridized carbons (Fsp3) is 0.118. The van der Waals surface area contributed by atoms with Crippen LogP contribution in [0.3, 0.4) is 0 Å². The molecule has 26 heavy (non-hydrogen) atoms. The molecule has 0 aliphatic rings. The van der Waals surface area contributed by atoms with Crippen LogP contribution < -0.4 is 15.2 Å². The van der Waals surface area contributed by atoms with E-state index in [1.165, 1.54) is 30.9 Å². The number of aromatic nitrogens is 4. The van der Waals surface area contributed by atoms with Crippen molar-refractivity contribution in [2.75, 3.05) is 6.61 Å². The highest BCUT2D eigenvalue weighted by atomic mass is 19.1. The van der Waals surface area contributed by atoms with Gasteiger partial charge in [0, 0.05) is 30.2 Å². The van der Waals surface area contributed by atoms with Gasteiger partial charge in [0.2, 0.25) is 0 Å². The lowest BCUT2D eigenvalue weighted by molar-refractivity contribution is 0.0999. The molecule has 0 atom stereocenters. The Morgan fingerprint density at radius 2 is 1.88 bits per heavy atom. The third kappa shape index (κ3) is 3.89. The molecule has 0 saturated carbocycles. The second-order valence-corrected chi connectivity index (χ2v) is 5.06. The first-order valence-corrected chi connectivity index (χ1v) is 7.60. The number of hydrogen-bond donors (Lipinski definition) is 1. The highest BCUT2D eigenvalue weighted by molar-refractivity contribution is 5.92. The first kappa shape index (κ1) is 17.2. The second kappa shape index (κ2) is 7.51. The molecule has 0 unspecified atom stereocenters. The SMILES string of the molecule is CCOc1cc(F)cnc1Oc1cncc(-c2ncc(C(N)=O)cn2)c1. The number of carbonyl (C=O) groups is 1. The largest absolute Gasteiger partial charge is 0.488 e. The summed E-state index contributed by atoms with van der Waals surface area (Å²) < 4.78 is 24.3. The third-order valence-corrected chi connectivity index (χ3v) is 3.21. The van der Waals surface area contributed by atoms with Crippen LogP contribution in [0.15, 0.2) is 43.1 Å². The summed E-state index contributed by atoms with van der Waals surface area (Å²) in [6.45, 7) is 2.10. The van der Waals surface area contributed by atoms with Crippen LogP contribution in [0.25, 0.3) is 11.4 Å². The predicted octanol–water partition coefficient (Wildman–Crippen LogP) is 2.36. The van der Waals surface area contributed by atoms with Crippen LogP contribution in [0, 0.1) is 5.82 Å². The number of amides is 1. The number of rotatable bonds is 6. The van der Waals surface area contributed by atoms with Gasteiger partial charge in [-0.2, -0.15) is 0 Å². The minimum atomic E-state index is -0.613. The van der Waals surface area contributed by atoms with E-state index >= 15 is 0 Å². The van der Waals surface area contributed by atoms with Crippen LogP contribution in [0.5, 0.6) is 17.4 Å². The summed E-state index contributed by atoms with van der Waals surface area (Å²) in [5, 5.41) is 0. The maximum atomic E-state index is 13.3. The molecule has 2 N–H and O–H groups in total. The molecular formula is C17H14FN5O3. The average molecular weight is 355 g/mol. The van der Waals surface area contributed by atoms with Crippen LogP contribution in [-0.2, 0) is 0 Å². The lowest BCUT2D eigenvalue weighted by Gasteiger charge is -2.10. The van der Waals surface area contributed by atoms with Crippen molar-refractivity contribution in [1.82, 2.24) is 19.9 Å². The van der Waals surface area contributed by atoms with Crippen molar-refractivity contribution in [3.05, 3.63) is 54.5 Å². The van der Waals surface area contributed by atoms with Crippen LogP contribution in [0.2, 0.25) is 0 Å². The van der Waals surface area contributed by atoms with Crippen molar-refractivity contribution in [2.24, 2.45) is 5.73 Å². The van der Waals surface area contributed by atoms with Crippen molar-refractivity contribution in [3.63, 3.8) is 0 Å². The summed E-state index contributed by atoms with van der Waals surface area (Å²) >= 11 is 0. The maximum Gasteiger partial charge on any atom is 0.262 e. The number of pyridine rings is 2. The number of ether oxygens (including phenoxy) is 2. The minimum Gasteiger partial charge on any atom is -0.488 e. The van der Waals surface area contributed by atoms with E-state index in [-0.39, 0.29) is 17.2 Å². The summed E-state index contributed by atoms with van der Waals surface area (Å²) in [6.07, 6.45) is 6.68. The third-order valence-electron chi connectivity index (χ3n) is 3.21. The maximum absolute atomic E-state index is 13.3. The smallest absolute Gasteiger partial charge is 0.262 e. The summed E-state index contributed by atoms with van der Waals surface area (Å²) in [5.41, 5.74) is 5.92. The van der Waals surface area contributed by atoms with E-state index in [9.17, 15) is 9.18 Å². The van der Waals surface area contributed by atoms with Crippen molar-refractivity contribution in [1.29, 1.82) is 0 Å². The van der Waals surface area contributed by atoms with Crippen LogP contribution in [0.1, 0.15) is 17.3 Å². The van der Waals surface area contributed by atoms with Crippen molar-refractivity contribution in [2.45, 2.75) is 6.92 Å². The molecule has 0 radical (unpaired) electrons. The van der Waals surface area contributed by atoms with E-state index in [1.54, 1.807) is 13.0 Å². The normalized spacial score (nSPS) is 10.4. The Labute approximate surface area is 147 Å². The molecule has 0 spiro atoms. The van der Waals surface area contributed by atoms with E-state index < -0.39 is 11.7 Å². The molecule has 0 fully saturated rings. The number of carbonyl (C=O) groups excluding carboxylic acids is 1. The Morgan fingerprint density at radius 3 is 2.58 bits per heavy atom. The van der Waals surface area contributed by atoms with Crippen molar-refractivity contribution >= 4 is 5.91 Å². The molecule has 8 nitrogen and oxygen atoms in total. The van der Waals surface area contributed by atoms with Gasteiger partial charge in [0.05, 0.1) is 24.6 Å². The van der Waals surface area contributed by atoms with Gasteiger partial charge in [0.25, 0.3) is 11.8 Å². The molecule has 0 aromatic carbocycles. The number of primary amides is 1. The number of nitrogens with zero attached hydrogens (tertiary/aromatic N) is 4. The fourth-order valence-corrected chi connectivity index (χ4v) is 2.06. The van der Waals surface area contributed by atoms with E-state index in [4.69, 9.17) is 15.2 Å². The minimum absolute atomic E-state index is 0.109. The molecule has 0 aliphatic heterocycles. The first-order valence-electron chi connectivity index (χ1n) is 7.60. The van der Waals surface area contributed by atoms with Gasteiger partial charge in [-0.25, -0.2) is 19.3 Å². The van der Waals surface area contributed by atoms with E-state index in [2.05, 4.69) is 19.9 Å². The standard InChI is InChI=1S/C17H14FN5O3/c1-2-25-14-4-12(18)8-23-17(14)26-13-3-10(5-20-9-13)16-21-6-11(7-22-16)15(19)24/h3-9H,2H2,1H3,(H2,19,24). The molecule has 0 aliphatic carbocycles. The van der Waals surface area contributed by atoms with Gasteiger partial charge < -0.3 is 15.2 Å². The van der Waals surface area contributed by atoms with Gasteiger partial charge in [-0.05, 0) is 13.0 Å². The summed E-state index contributed by atoms with van der Waals surface area (Å²) in [4.78, 5) is 27.2. The quantitative estimate of drug-likeness (QED) is 0.722. The molecule has 3 aromatic heterocycles. The molecule has 132 valence electrons. The summed E-state index contributed by atoms with van der Waals surface area (Å²) in [7, 11) is 0. The van der Waals surface area contributed by atoms with Crippen molar-refractivity contribution in [3.8, 4) is 28.8 Å². The van der Waals surface area contributed by atoms with Crippen LogP contribution in [0.4, 0.5) is 4.39 Å². The second-order valence-electron chi connectivity index (χ2n) is 5.06. The fourth-order valence-electron chi connectivity index (χ4n) is 2.06. The Bertz CT molecular complexity index is 934. The van der Waals surface area contributed by atoms with E-state index in [0.29, 0.717) is 23.7 Å². The number of halogens is 1. The van der Waals surface area contributed by atoms with Gasteiger partial charge in [-0.1, -0.05) is 0 Å². The van der Waals surface area contributed by atoms with Crippen LogP contribution in [-0.4, -0.2) is 32.4 Å². The van der Waals surface area contributed by atoms with Gasteiger partial charge >= 0.3 is 0 Å². The highest BCUT2D eigenvalue weighted by Gasteiger charge is 2.12. The molecule has 3 aromatic rings. The van der Waals surface area contributed by atoms with E-state index in [0.717, 1.165) is 6.20 Å². The number of hydrogen-bond acceptors (Lipinski definition) is 7. The predicted molar refractivity (Wildman–Crippen MR) is 89.2 cm³/mol. The molecule has 9 heteroatoms. The average Bonchev–Trinajstić information content (AvgIpc) is 2.64. The topological polar surface area (TPSA) is 113 Å². The molecular weight excluding hydrogens is 341 g/mol. The Hall–Kier alpha value is -3.62. The monoisotopic (exact) mass is 355 g/mol. The van der Waals surface area contributed by atoms with Gasteiger partial charge in [-0.15, -0.1) is 0 Å². The van der Waals surface area contributed by atoms with Crippen LogP contribution >= 0.6 is 0 Å². The molecule has 1 amide bonds. The summed E-state index contributed by atoms with van der Waals surface area (Å²) in [6, 6.07) is 2.82. The zero-order valence-corrected chi connectivity index (χ0v) is 13.7. The van der Waals surface area contributed by atoms with Gasteiger partial charge in [0.15, 0.2) is 11.6 Å².